The van der Waals surface area contributed by atoms with Crippen LogP contribution in [0.3, 0.4) is 0 Å². The van der Waals surface area contributed by atoms with E-state index < -0.39 is 4.92 Å². The van der Waals surface area contributed by atoms with Gasteiger partial charge in [0.25, 0.3) is 0 Å². The highest BCUT2D eigenvalue weighted by Gasteiger charge is 2.17. The Morgan fingerprint density at radius 1 is 1.43 bits per heavy atom. The van der Waals surface area contributed by atoms with Crippen LogP contribution in [0, 0.1) is 21.4 Å². The van der Waals surface area contributed by atoms with Crippen molar-refractivity contribution in [2.45, 2.75) is 13.0 Å². The van der Waals surface area contributed by atoms with Gasteiger partial charge in [-0.25, -0.2) is 4.98 Å². The van der Waals surface area contributed by atoms with Crippen molar-refractivity contribution in [3.63, 3.8) is 0 Å². The predicted molar refractivity (Wildman–Crippen MR) is 74.7 cm³/mol. The SMILES string of the molecule is C[C@H](N)c1ccnc(Oc2ccc(C#N)cc2[N+](=O)[O-])c1. The lowest BCUT2D eigenvalue weighted by Gasteiger charge is -2.09. The zero-order valence-corrected chi connectivity index (χ0v) is 11.2. The third-order valence-electron chi connectivity index (χ3n) is 2.78. The van der Waals surface area contributed by atoms with E-state index >= 15 is 0 Å². The minimum atomic E-state index is -0.606. The lowest BCUT2D eigenvalue weighted by atomic mass is 10.1. The Kier molecular flexibility index (Phi) is 4.11. The molecule has 0 spiro atoms. The van der Waals surface area contributed by atoms with Crippen LogP contribution in [0.4, 0.5) is 5.69 Å². The predicted octanol–water partition coefficient (Wildman–Crippen LogP) is 2.67. The van der Waals surface area contributed by atoms with E-state index in [1.807, 2.05) is 13.0 Å². The Morgan fingerprint density at radius 3 is 2.81 bits per heavy atom. The minimum Gasteiger partial charge on any atom is -0.432 e. The molecule has 2 rings (SSSR count). The summed E-state index contributed by atoms with van der Waals surface area (Å²) in [4.78, 5) is 14.4. The summed E-state index contributed by atoms with van der Waals surface area (Å²) in [6, 6.07) is 8.97. The number of hydrogen-bond donors (Lipinski definition) is 1. The molecule has 1 aromatic heterocycles. The van der Waals surface area contributed by atoms with Crippen LogP contribution in [0.2, 0.25) is 0 Å². The maximum atomic E-state index is 11.0. The number of aromatic nitrogens is 1. The molecule has 0 fully saturated rings. The van der Waals surface area contributed by atoms with E-state index in [0.29, 0.717) is 0 Å². The summed E-state index contributed by atoms with van der Waals surface area (Å²) in [5.41, 5.74) is 6.46. The topological polar surface area (TPSA) is 115 Å². The second kappa shape index (κ2) is 5.98. The van der Waals surface area contributed by atoms with Crippen molar-refractivity contribution in [3.8, 4) is 17.7 Å². The van der Waals surface area contributed by atoms with Gasteiger partial charge < -0.3 is 10.5 Å². The molecule has 0 saturated heterocycles. The molecule has 0 unspecified atom stereocenters. The first-order chi connectivity index (χ1) is 10.0. The van der Waals surface area contributed by atoms with Crippen molar-refractivity contribution >= 4 is 5.69 Å². The van der Waals surface area contributed by atoms with Gasteiger partial charge in [-0.3, -0.25) is 10.1 Å². The van der Waals surface area contributed by atoms with E-state index in [1.165, 1.54) is 18.3 Å². The molecule has 1 aromatic carbocycles. The average Bonchev–Trinajstić information content (AvgIpc) is 2.47. The van der Waals surface area contributed by atoms with Crippen LogP contribution in [0.5, 0.6) is 11.6 Å². The van der Waals surface area contributed by atoms with Gasteiger partial charge in [-0.2, -0.15) is 5.26 Å². The van der Waals surface area contributed by atoms with Gasteiger partial charge in [0.1, 0.15) is 0 Å². The number of nitro benzene ring substituents is 1. The van der Waals surface area contributed by atoms with Crippen LogP contribution in [-0.2, 0) is 0 Å². The van der Waals surface area contributed by atoms with Gasteiger partial charge in [0.15, 0.2) is 0 Å². The Hall–Kier alpha value is -2.98. The van der Waals surface area contributed by atoms with Crippen molar-refractivity contribution < 1.29 is 9.66 Å². The normalized spacial score (nSPS) is 11.5. The summed E-state index contributed by atoms with van der Waals surface area (Å²) < 4.78 is 5.44. The molecule has 1 atom stereocenters. The molecule has 1 heterocycles. The second-order valence-corrected chi connectivity index (χ2v) is 4.37. The minimum absolute atomic E-state index is 0.0216. The Bertz CT molecular complexity index is 722. The molecule has 21 heavy (non-hydrogen) atoms. The van der Waals surface area contributed by atoms with Gasteiger partial charge in [-0.15, -0.1) is 0 Å². The summed E-state index contributed by atoms with van der Waals surface area (Å²) in [6.07, 6.45) is 1.52. The lowest BCUT2D eigenvalue weighted by Crippen LogP contribution is -2.05. The molecule has 0 radical (unpaired) electrons. The first-order valence-electron chi connectivity index (χ1n) is 6.09. The number of nitro groups is 1. The quantitative estimate of drug-likeness (QED) is 0.681. The fourth-order valence-electron chi connectivity index (χ4n) is 1.69. The highest BCUT2D eigenvalue weighted by Crippen LogP contribution is 2.31. The second-order valence-electron chi connectivity index (χ2n) is 4.37. The third kappa shape index (κ3) is 3.32. The van der Waals surface area contributed by atoms with Gasteiger partial charge in [0.05, 0.1) is 16.6 Å². The molecular formula is C14H12N4O3. The standard InChI is InChI=1S/C14H12N4O3/c1-9(16)11-4-5-17-14(7-11)21-13-3-2-10(8-15)6-12(13)18(19)20/h2-7,9H,16H2,1H3/t9-/m0/s1. The van der Waals surface area contributed by atoms with E-state index in [2.05, 4.69) is 4.98 Å². The van der Waals surface area contributed by atoms with E-state index in [-0.39, 0.29) is 28.9 Å². The summed E-state index contributed by atoms with van der Waals surface area (Å²) in [5, 5.41) is 19.8. The van der Waals surface area contributed by atoms with Gasteiger partial charge in [-0.1, -0.05) is 0 Å². The number of nitrogens with zero attached hydrogens (tertiary/aromatic N) is 3. The van der Waals surface area contributed by atoms with E-state index in [9.17, 15) is 10.1 Å². The Morgan fingerprint density at radius 2 is 2.19 bits per heavy atom. The molecule has 2 N–H and O–H groups in total. The van der Waals surface area contributed by atoms with Crippen molar-refractivity contribution in [1.82, 2.24) is 4.98 Å². The molecule has 7 nitrogen and oxygen atoms in total. The molecule has 2 aromatic rings. The van der Waals surface area contributed by atoms with Crippen molar-refractivity contribution in [2.75, 3.05) is 0 Å². The van der Waals surface area contributed by atoms with Crippen LogP contribution >= 0.6 is 0 Å². The highest BCUT2D eigenvalue weighted by molar-refractivity contribution is 5.52. The molecule has 0 saturated carbocycles. The van der Waals surface area contributed by atoms with Crippen LogP contribution in [0.25, 0.3) is 0 Å². The molecule has 0 aliphatic carbocycles. The number of benzene rings is 1. The van der Waals surface area contributed by atoms with Crippen molar-refractivity contribution in [2.24, 2.45) is 5.73 Å². The molecule has 0 bridgehead atoms. The molecule has 106 valence electrons. The summed E-state index contributed by atoms with van der Waals surface area (Å²) >= 11 is 0. The Balaban J connectivity index is 2.38. The van der Waals surface area contributed by atoms with E-state index in [0.717, 1.165) is 11.6 Å². The monoisotopic (exact) mass is 284 g/mol. The van der Waals surface area contributed by atoms with Crippen LogP contribution in [-0.4, -0.2) is 9.91 Å². The van der Waals surface area contributed by atoms with E-state index in [4.69, 9.17) is 15.7 Å². The summed E-state index contributed by atoms with van der Waals surface area (Å²) in [6.45, 7) is 1.81. The number of pyridine rings is 1. The van der Waals surface area contributed by atoms with Crippen LogP contribution < -0.4 is 10.5 Å². The van der Waals surface area contributed by atoms with Gasteiger partial charge in [0, 0.05) is 24.4 Å². The zero-order chi connectivity index (χ0) is 15.4. The fraction of sp³-hybridized carbons (Fsp3) is 0.143. The van der Waals surface area contributed by atoms with Crippen LogP contribution in [0.1, 0.15) is 24.1 Å². The van der Waals surface area contributed by atoms with Gasteiger partial charge in [0.2, 0.25) is 11.6 Å². The number of nitrogens with two attached hydrogens (primary N) is 1. The maximum Gasteiger partial charge on any atom is 0.312 e. The number of hydrogen-bond acceptors (Lipinski definition) is 6. The third-order valence-corrected chi connectivity index (χ3v) is 2.78. The average molecular weight is 284 g/mol. The summed E-state index contributed by atoms with van der Waals surface area (Å²) in [7, 11) is 0. The molecular weight excluding hydrogens is 272 g/mol. The first-order valence-corrected chi connectivity index (χ1v) is 6.09. The first kappa shape index (κ1) is 14.4. The number of ether oxygens (including phenoxy) is 1. The molecule has 0 aliphatic heterocycles. The number of rotatable bonds is 4. The smallest absolute Gasteiger partial charge is 0.312 e. The maximum absolute atomic E-state index is 11.0. The Labute approximate surface area is 120 Å². The van der Waals surface area contributed by atoms with E-state index in [1.54, 1.807) is 12.1 Å². The van der Waals surface area contributed by atoms with Crippen molar-refractivity contribution in [3.05, 3.63) is 57.8 Å². The molecule has 7 heteroatoms. The van der Waals surface area contributed by atoms with Gasteiger partial charge in [-0.05, 0) is 30.7 Å². The van der Waals surface area contributed by atoms with Gasteiger partial charge >= 0.3 is 5.69 Å². The molecule has 0 aliphatic rings. The summed E-state index contributed by atoms with van der Waals surface area (Å²) in [5.74, 6) is 0.228. The number of nitriles is 1. The fourth-order valence-corrected chi connectivity index (χ4v) is 1.69. The zero-order valence-electron chi connectivity index (χ0n) is 11.2. The van der Waals surface area contributed by atoms with Crippen molar-refractivity contribution in [1.29, 1.82) is 5.26 Å². The highest BCUT2D eigenvalue weighted by atomic mass is 16.6. The largest absolute Gasteiger partial charge is 0.432 e. The van der Waals surface area contributed by atoms with Crippen LogP contribution in [0.15, 0.2) is 36.5 Å². The lowest BCUT2D eigenvalue weighted by molar-refractivity contribution is -0.385. The molecule has 0 amide bonds.